The average Bonchev–Trinajstić information content (AvgIpc) is 2.47. The lowest BCUT2D eigenvalue weighted by molar-refractivity contribution is -0.149. The first-order valence-electron chi connectivity index (χ1n) is 3.56. The number of rotatable bonds is 2. The van der Waals surface area contributed by atoms with Gasteiger partial charge in [0.1, 0.15) is 0 Å². The van der Waals surface area contributed by atoms with Crippen LogP contribution in [0.1, 0.15) is 12.8 Å². The Morgan fingerprint density at radius 3 is 2.22 bits per heavy atom. The van der Waals surface area contributed by atoms with Crippen LogP contribution in [0, 0.1) is 11.3 Å². The molecule has 2 fully saturated rings. The summed E-state index contributed by atoms with van der Waals surface area (Å²) in [6.45, 7) is 1.93. The van der Waals surface area contributed by atoms with E-state index in [1.54, 1.807) is 0 Å². The van der Waals surface area contributed by atoms with Crippen molar-refractivity contribution in [3.05, 3.63) is 0 Å². The number of hydrogen-bond donors (Lipinski definition) is 1. The van der Waals surface area contributed by atoms with Crippen molar-refractivity contribution >= 4 is 0 Å². The van der Waals surface area contributed by atoms with Crippen LogP contribution in [0.4, 0.5) is 0 Å². The van der Waals surface area contributed by atoms with Crippen LogP contribution in [-0.2, 0) is 4.74 Å². The first-order chi connectivity index (χ1) is 4.37. The molecule has 0 radical (unpaired) electrons. The zero-order chi connectivity index (χ0) is 6.32. The van der Waals surface area contributed by atoms with Gasteiger partial charge in [-0.3, -0.25) is 0 Å². The fraction of sp³-hybridized carbons (Fsp3) is 1.00. The predicted octanol–water partition coefficient (Wildman–Crippen LogP) is 0.405. The van der Waals surface area contributed by atoms with Crippen LogP contribution in [0.3, 0.4) is 0 Å². The lowest BCUT2D eigenvalue weighted by Gasteiger charge is -2.40. The van der Waals surface area contributed by atoms with E-state index in [1.165, 1.54) is 12.8 Å². The van der Waals surface area contributed by atoms with E-state index < -0.39 is 0 Å². The van der Waals surface area contributed by atoms with Crippen LogP contribution in [0.25, 0.3) is 0 Å². The van der Waals surface area contributed by atoms with Crippen molar-refractivity contribution < 1.29 is 9.84 Å². The summed E-state index contributed by atoms with van der Waals surface area (Å²) in [6.07, 6.45) is 2.62. The smallest absolute Gasteiger partial charge is 0.0569 e. The Kier molecular flexibility index (Phi) is 1.08. The van der Waals surface area contributed by atoms with E-state index in [-0.39, 0.29) is 5.41 Å². The van der Waals surface area contributed by atoms with Gasteiger partial charge in [-0.15, -0.1) is 0 Å². The average molecular weight is 128 g/mol. The molecule has 0 bridgehead atoms. The second kappa shape index (κ2) is 1.70. The van der Waals surface area contributed by atoms with Gasteiger partial charge in [0.05, 0.1) is 19.8 Å². The molecule has 0 amide bonds. The molecule has 0 unspecified atom stereocenters. The summed E-state index contributed by atoms with van der Waals surface area (Å²) in [5.74, 6) is 0.788. The molecule has 0 atom stereocenters. The Balaban J connectivity index is 1.99. The molecule has 1 aliphatic carbocycles. The highest BCUT2D eigenvalue weighted by molar-refractivity contribution is 4.97. The normalized spacial score (nSPS) is 31.7. The molecule has 1 saturated carbocycles. The molecule has 0 aromatic carbocycles. The second-order valence-corrected chi connectivity index (χ2v) is 3.29. The Labute approximate surface area is 54.8 Å². The number of ether oxygens (including phenoxy) is 1. The Morgan fingerprint density at radius 1 is 1.44 bits per heavy atom. The number of hydrogen-bond acceptors (Lipinski definition) is 2. The molecule has 1 aliphatic heterocycles. The van der Waals surface area contributed by atoms with Crippen molar-refractivity contribution in [1.29, 1.82) is 0 Å². The van der Waals surface area contributed by atoms with Gasteiger partial charge < -0.3 is 9.84 Å². The lowest BCUT2D eigenvalue weighted by atomic mass is 9.82. The third kappa shape index (κ3) is 0.700. The quantitative estimate of drug-likeness (QED) is 0.583. The van der Waals surface area contributed by atoms with Crippen LogP contribution in [0.5, 0.6) is 0 Å². The predicted molar refractivity (Wildman–Crippen MR) is 33.1 cm³/mol. The largest absolute Gasteiger partial charge is 0.396 e. The molecule has 1 saturated heterocycles. The molecule has 9 heavy (non-hydrogen) atoms. The standard InChI is InChI=1S/C7H12O2/c8-3-7(4-9-5-7)6-1-2-6/h6,8H,1-5H2. The van der Waals surface area contributed by atoms with Gasteiger partial charge in [0, 0.05) is 5.41 Å². The van der Waals surface area contributed by atoms with Crippen molar-refractivity contribution in [2.45, 2.75) is 12.8 Å². The van der Waals surface area contributed by atoms with Crippen molar-refractivity contribution in [1.82, 2.24) is 0 Å². The minimum atomic E-state index is 0.208. The maximum atomic E-state index is 8.97. The van der Waals surface area contributed by atoms with E-state index in [1.807, 2.05) is 0 Å². The van der Waals surface area contributed by atoms with Crippen molar-refractivity contribution in [3.63, 3.8) is 0 Å². The van der Waals surface area contributed by atoms with Crippen molar-refractivity contribution in [2.75, 3.05) is 19.8 Å². The van der Waals surface area contributed by atoms with Crippen LogP contribution < -0.4 is 0 Å². The summed E-state index contributed by atoms with van der Waals surface area (Å²) in [4.78, 5) is 0. The van der Waals surface area contributed by atoms with Gasteiger partial charge in [-0.05, 0) is 18.8 Å². The third-order valence-electron chi connectivity index (χ3n) is 2.54. The summed E-state index contributed by atoms with van der Waals surface area (Å²) in [5, 5.41) is 8.97. The molecule has 0 aromatic rings. The van der Waals surface area contributed by atoms with Crippen LogP contribution in [-0.4, -0.2) is 24.9 Å². The summed E-state index contributed by atoms with van der Waals surface area (Å²) < 4.78 is 5.07. The summed E-state index contributed by atoms with van der Waals surface area (Å²) >= 11 is 0. The fourth-order valence-electron chi connectivity index (χ4n) is 1.52. The molecular weight excluding hydrogens is 116 g/mol. The van der Waals surface area contributed by atoms with Gasteiger partial charge >= 0.3 is 0 Å². The first-order valence-corrected chi connectivity index (χ1v) is 3.56. The van der Waals surface area contributed by atoms with Gasteiger partial charge in [-0.1, -0.05) is 0 Å². The molecule has 2 aliphatic rings. The first kappa shape index (κ1) is 5.69. The SMILES string of the molecule is OCC1(C2CC2)COC1. The number of aliphatic hydroxyl groups is 1. The lowest BCUT2D eigenvalue weighted by Crippen LogP contribution is -2.47. The van der Waals surface area contributed by atoms with E-state index in [0.29, 0.717) is 6.61 Å². The highest BCUT2D eigenvalue weighted by Crippen LogP contribution is 2.49. The second-order valence-electron chi connectivity index (χ2n) is 3.29. The number of aliphatic hydroxyl groups excluding tert-OH is 1. The molecular formula is C7H12O2. The molecule has 1 N–H and O–H groups in total. The van der Waals surface area contributed by atoms with E-state index in [4.69, 9.17) is 9.84 Å². The van der Waals surface area contributed by atoms with Gasteiger partial charge in [-0.2, -0.15) is 0 Å². The van der Waals surface area contributed by atoms with E-state index in [2.05, 4.69) is 0 Å². The molecule has 0 aromatic heterocycles. The van der Waals surface area contributed by atoms with Gasteiger partial charge in [0.25, 0.3) is 0 Å². The van der Waals surface area contributed by atoms with Gasteiger partial charge in [0.2, 0.25) is 0 Å². The van der Waals surface area contributed by atoms with Gasteiger partial charge in [-0.25, -0.2) is 0 Å². The maximum Gasteiger partial charge on any atom is 0.0569 e. The topological polar surface area (TPSA) is 29.5 Å². The minimum absolute atomic E-state index is 0.208. The summed E-state index contributed by atoms with van der Waals surface area (Å²) in [7, 11) is 0. The highest BCUT2D eigenvalue weighted by atomic mass is 16.5. The van der Waals surface area contributed by atoms with Gasteiger partial charge in [0.15, 0.2) is 0 Å². The van der Waals surface area contributed by atoms with E-state index in [9.17, 15) is 0 Å². The maximum absolute atomic E-state index is 8.97. The summed E-state index contributed by atoms with van der Waals surface area (Å²) in [6, 6.07) is 0. The van der Waals surface area contributed by atoms with Crippen molar-refractivity contribution in [2.24, 2.45) is 11.3 Å². The third-order valence-corrected chi connectivity index (χ3v) is 2.54. The highest BCUT2D eigenvalue weighted by Gasteiger charge is 2.50. The van der Waals surface area contributed by atoms with E-state index >= 15 is 0 Å². The van der Waals surface area contributed by atoms with Crippen LogP contribution in [0.15, 0.2) is 0 Å². The molecule has 2 rings (SSSR count). The molecule has 2 heteroatoms. The Hall–Kier alpha value is -0.0800. The zero-order valence-corrected chi connectivity index (χ0v) is 5.47. The molecule has 1 heterocycles. The monoisotopic (exact) mass is 128 g/mol. The molecule has 2 nitrogen and oxygen atoms in total. The van der Waals surface area contributed by atoms with Crippen molar-refractivity contribution in [3.8, 4) is 0 Å². The minimum Gasteiger partial charge on any atom is -0.396 e. The summed E-state index contributed by atoms with van der Waals surface area (Å²) in [5.41, 5.74) is 0.208. The van der Waals surface area contributed by atoms with Crippen LogP contribution in [0.2, 0.25) is 0 Å². The fourth-order valence-corrected chi connectivity index (χ4v) is 1.52. The Bertz CT molecular complexity index is 109. The molecule has 52 valence electrons. The van der Waals surface area contributed by atoms with Crippen LogP contribution >= 0.6 is 0 Å². The zero-order valence-electron chi connectivity index (χ0n) is 5.47. The Morgan fingerprint density at radius 2 is 2.11 bits per heavy atom. The van der Waals surface area contributed by atoms with E-state index in [0.717, 1.165) is 19.1 Å². The molecule has 0 spiro atoms.